The zero-order valence-corrected chi connectivity index (χ0v) is 10.5. The van der Waals surface area contributed by atoms with Crippen LogP contribution >= 0.6 is 0 Å². The van der Waals surface area contributed by atoms with Gasteiger partial charge in [-0.1, -0.05) is 0 Å². The van der Waals surface area contributed by atoms with Crippen LogP contribution in [0.15, 0.2) is 11.6 Å². The number of carboxylic acids is 1. The van der Waals surface area contributed by atoms with Gasteiger partial charge < -0.3 is 24.1 Å². The second-order valence-corrected chi connectivity index (χ2v) is 3.87. The maximum atomic E-state index is 11.1. The Balaban J connectivity index is 3.17. The minimum absolute atomic E-state index is 0.142. The van der Waals surface area contributed by atoms with Crippen LogP contribution in [0, 0.1) is 0 Å². The van der Waals surface area contributed by atoms with E-state index in [0.717, 1.165) is 0 Å². The van der Waals surface area contributed by atoms with Crippen molar-refractivity contribution in [2.75, 3.05) is 28.4 Å². The third-order valence-electron chi connectivity index (χ3n) is 3.08. The zero-order chi connectivity index (χ0) is 13.1. The summed E-state index contributed by atoms with van der Waals surface area (Å²) in [4.78, 5) is 11.1. The Morgan fingerprint density at radius 3 is 2.06 bits per heavy atom. The monoisotopic (exact) mass is 246 g/mol. The fourth-order valence-electron chi connectivity index (χ4n) is 1.95. The molecule has 0 saturated heterocycles. The van der Waals surface area contributed by atoms with Crippen molar-refractivity contribution in [3.8, 4) is 0 Å². The number of methoxy groups -OCH3 is 4. The Bertz CT molecular complexity index is 314. The predicted molar refractivity (Wildman–Crippen MR) is 58.5 cm³/mol. The minimum atomic E-state index is -1.14. The summed E-state index contributed by atoms with van der Waals surface area (Å²) in [5, 5.41) is 9.09. The van der Waals surface area contributed by atoms with Gasteiger partial charge in [-0.2, -0.15) is 0 Å². The molecule has 0 spiro atoms. The third-order valence-corrected chi connectivity index (χ3v) is 3.08. The van der Waals surface area contributed by atoms with E-state index in [9.17, 15) is 4.79 Å². The third kappa shape index (κ3) is 2.66. The van der Waals surface area contributed by atoms with Crippen molar-refractivity contribution in [2.24, 2.45) is 0 Å². The van der Waals surface area contributed by atoms with Crippen LogP contribution in [0.5, 0.6) is 0 Å². The van der Waals surface area contributed by atoms with E-state index in [1.807, 2.05) is 0 Å². The highest BCUT2D eigenvalue weighted by Gasteiger charge is 2.47. The molecule has 0 aliphatic heterocycles. The summed E-state index contributed by atoms with van der Waals surface area (Å²) in [7, 11) is 5.82. The van der Waals surface area contributed by atoms with Crippen LogP contribution in [0.4, 0.5) is 0 Å². The second kappa shape index (κ2) is 5.14. The number of ether oxygens (including phenoxy) is 4. The standard InChI is InChI=1S/C11H18O6/c1-14-10(15-2)5-8(9(12)13)6-11(7-10,16-3)17-4/h5H,6-7H2,1-4H3,(H,12,13). The van der Waals surface area contributed by atoms with E-state index in [0.29, 0.717) is 0 Å². The van der Waals surface area contributed by atoms with E-state index < -0.39 is 17.5 Å². The fourth-order valence-corrected chi connectivity index (χ4v) is 1.95. The Morgan fingerprint density at radius 1 is 1.18 bits per heavy atom. The summed E-state index contributed by atoms with van der Waals surface area (Å²) in [6.45, 7) is 0. The second-order valence-electron chi connectivity index (χ2n) is 3.87. The molecule has 1 N–H and O–H groups in total. The lowest BCUT2D eigenvalue weighted by atomic mass is 9.88. The molecule has 1 aliphatic rings. The summed E-state index contributed by atoms with van der Waals surface area (Å²) in [5.41, 5.74) is 0.142. The molecule has 0 fully saturated rings. The topological polar surface area (TPSA) is 74.2 Å². The Labute approximate surface area is 100 Å². The lowest BCUT2D eigenvalue weighted by Crippen LogP contribution is -2.49. The maximum Gasteiger partial charge on any atom is 0.331 e. The highest BCUT2D eigenvalue weighted by molar-refractivity contribution is 5.87. The Morgan fingerprint density at radius 2 is 1.71 bits per heavy atom. The number of carbonyl (C=O) groups is 1. The highest BCUT2D eigenvalue weighted by Crippen LogP contribution is 2.39. The molecule has 6 nitrogen and oxygen atoms in total. The van der Waals surface area contributed by atoms with Gasteiger partial charge in [0.2, 0.25) is 0 Å². The summed E-state index contributed by atoms with van der Waals surface area (Å²) < 4.78 is 21.1. The molecule has 0 saturated carbocycles. The first kappa shape index (κ1) is 14.1. The van der Waals surface area contributed by atoms with Crippen molar-refractivity contribution in [3.63, 3.8) is 0 Å². The Kier molecular flexibility index (Phi) is 4.26. The van der Waals surface area contributed by atoms with Crippen molar-refractivity contribution >= 4 is 5.97 Å². The molecule has 0 aromatic carbocycles. The average molecular weight is 246 g/mol. The zero-order valence-electron chi connectivity index (χ0n) is 10.5. The largest absolute Gasteiger partial charge is 0.478 e. The molecule has 6 heteroatoms. The molecule has 0 atom stereocenters. The van der Waals surface area contributed by atoms with E-state index in [1.54, 1.807) is 0 Å². The molecule has 0 bridgehead atoms. The first-order chi connectivity index (χ1) is 7.96. The van der Waals surface area contributed by atoms with Gasteiger partial charge >= 0.3 is 5.97 Å². The van der Waals surface area contributed by atoms with E-state index in [2.05, 4.69) is 0 Å². The number of aliphatic carboxylic acids is 1. The van der Waals surface area contributed by atoms with Crippen LogP contribution in [0.3, 0.4) is 0 Å². The van der Waals surface area contributed by atoms with Gasteiger partial charge in [-0.15, -0.1) is 0 Å². The molecule has 98 valence electrons. The van der Waals surface area contributed by atoms with Crippen LogP contribution in [-0.4, -0.2) is 51.1 Å². The first-order valence-electron chi connectivity index (χ1n) is 5.12. The highest BCUT2D eigenvalue weighted by atomic mass is 16.7. The quantitative estimate of drug-likeness (QED) is 0.722. The van der Waals surface area contributed by atoms with Crippen LogP contribution in [-0.2, 0) is 23.7 Å². The maximum absolute atomic E-state index is 11.1. The number of hydrogen-bond acceptors (Lipinski definition) is 5. The molecule has 0 amide bonds. The minimum Gasteiger partial charge on any atom is -0.478 e. The molecular formula is C11H18O6. The van der Waals surface area contributed by atoms with E-state index in [1.165, 1.54) is 34.5 Å². The lowest BCUT2D eigenvalue weighted by Gasteiger charge is -2.42. The van der Waals surface area contributed by atoms with Crippen LogP contribution < -0.4 is 0 Å². The van der Waals surface area contributed by atoms with Crippen molar-refractivity contribution in [1.29, 1.82) is 0 Å². The molecule has 17 heavy (non-hydrogen) atoms. The lowest BCUT2D eigenvalue weighted by molar-refractivity contribution is -0.281. The van der Waals surface area contributed by atoms with Crippen LogP contribution in [0.1, 0.15) is 12.8 Å². The molecule has 1 aliphatic carbocycles. The van der Waals surface area contributed by atoms with Gasteiger partial charge in [-0.05, 0) is 6.08 Å². The van der Waals surface area contributed by atoms with Crippen molar-refractivity contribution in [3.05, 3.63) is 11.6 Å². The summed E-state index contributed by atoms with van der Waals surface area (Å²) in [6.07, 6.45) is 1.85. The SMILES string of the molecule is COC1(OC)C=C(C(=O)O)CC(OC)(OC)C1. The van der Waals surface area contributed by atoms with E-state index in [-0.39, 0.29) is 18.4 Å². The van der Waals surface area contributed by atoms with Crippen LogP contribution in [0.2, 0.25) is 0 Å². The van der Waals surface area contributed by atoms with Gasteiger partial charge in [0, 0.05) is 40.4 Å². The molecule has 0 aromatic heterocycles. The normalized spacial score (nSPS) is 22.0. The average Bonchev–Trinajstić information content (AvgIpc) is 2.37. The number of carboxylic acid groups (broad SMARTS) is 1. The molecule has 0 aromatic rings. The molecule has 0 heterocycles. The van der Waals surface area contributed by atoms with Crippen molar-refractivity contribution in [1.82, 2.24) is 0 Å². The first-order valence-corrected chi connectivity index (χ1v) is 5.12. The van der Waals surface area contributed by atoms with Gasteiger partial charge in [0.25, 0.3) is 0 Å². The molecule has 0 radical (unpaired) electrons. The van der Waals surface area contributed by atoms with Gasteiger partial charge in [0.1, 0.15) is 0 Å². The van der Waals surface area contributed by atoms with Crippen LogP contribution in [0.25, 0.3) is 0 Å². The Hall–Kier alpha value is -0.950. The molecule has 0 unspecified atom stereocenters. The van der Waals surface area contributed by atoms with Gasteiger partial charge in [-0.25, -0.2) is 4.79 Å². The van der Waals surface area contributed by atoms with E-state index >= 15 is 0 Å². The van der Waals surface area contributed by atoms with Gasteiger partial charge in [-0.3, -0.25) is 0 Å². The summed E-state index contributed by atoms with van der Waals surface area (Å²) in [5.74, 6) is -3.23. The summed E-state index contributed by atoms with van der Waals surface area (Å²) >= 11 is 0. The smallest absolute Gasteiger partial charge is 0.331 e. The van der Waals surface area contributed by atoms with Gasteiger partial charge in [0.05, 0.1) is 6.42 Å². The number of hydrogen-bond donors (Lipinski definition) is 1. The predicted octanol–water partition coefficient (Wildman–Crippen LogP) is 0.769. The van der Waals surface area contributed by atoms with E-state index in [4.69, 9.17) is 24.1 Å². The number of rotatable bonds is 5. The van der Waals surface area contributed by atoms with Crippen molar-refractivity contribution < 1.29 is 28.8 Å². The molecular weight excluding hydrogens is 228 g/mol. The van der Waals surface area contributed by atoms with Gasteiger partial charge in [0.15, 0.2) is 11.6 Å². The molecule has 1 rings (SSSR count). The summed E-state index contributed by atoms with van der Waals surface area (Å²) in [6, 6.07) is 0. The fraction of sp³-hybridized carbons (Fsp3) is 0.727. The van der Waals surface area contributed by atoms with Crippen molar-refractivity contribution in [2.45, 2.75) is 24.4 Å².